The molecular weight excluding hydrogens is 385 g/mol. The Bertz CT molecular complexity index is 1100. The van der Waals surface area contributed by atoms with Gasteiger partial charge in [-0.25, -0.2) is 0 Å². The first-order valence-corrected chi connectivity index (χ1v) is 11.5. The smallest absolute Gasteiger partial charge is 0.0991 e. The van der Waals surface area contributed by atoms with Gasteiger partial charge >= 0.3 is 0 Å². The van der Waals surface area contributed by atoms with Crippen molar-refractivity contribution in [3.8, 4) is 6.07 Å². The molecule has 1 aromatic heterocycles. The lowest BCUT2D eigenvalue weighted by molar-refractivity contribution is 0.849. The number of rotatable bonds is 5. The van der Waals surface area contributed by atoms with Gasteiger partial charge in [0.05, 0.1) is 11.6 Å². The number of hydrogen-bond donors (Lipinski definition) is 1. The van der Waals surface area contributed by atoms with Gasteiger partial charge in [0, 0.05) is 40.7 Å². The van der Waals surface area contributed by atoms with Crippen LogP contribution >= 0.6 is 9.24 Å². The molecule has 0 amide bonds. The van der Waals surface area contributed by atoms with Crippen LogP contribution in [0.15, 0.2) is 47.1 Å². The number of nitrogens with one attached hydrogen (secondary N) is 1. The minimum absolute atomic E-state index is 0.127. The first-order chi connectivity index (χ1) is 14.5. The van der Waals surface area contributed by atoms with Crippen molar-refractivity contribution in [3.63, 3.8) is 0 Å². The highest BCUT2D eigenvalue weighted by Gasteiger charge is 2.38. The Morgan fingerprint density at radius 3 is 2.70 bits per heavy atom. The molecule has 1 aromatic carbocycles. The Morgan fingerprint density at radius 2 is 2.07 bits per heavy atom. The van der Waals surface area contributed by atoms with Crippen LogP contribution in [0.2, 0.25) is 0 Å². The maximum atomic E-state index is 9.44. The lowest BCUT2D eigenvalue weighted by atomic mass is 9.76. The van der Waals surface area contributed by atoms with Gasteiger partial charge in [0.15, 0.2) is 0 Å². The summed E-state index contributed by atoms with van der Waals surface area (Å²) in [5.41, 5.74) is 10.8. The molecule has 1 fully saturated rings. The van der Waals surface area contributed by atoms with Crippen molar-refractivity contribution in [2.45, 2.75) is 65.2 Å². The predicted molar refractivity (Wildman–Crippen MR) is 128 cm³/mol. The molecular formula is C26H30N3P. The summed E-state index contributed by atoms with van der Waals surface area (Å²) in [7, 11) is 2.97. The van der Waals surface area contributed by atoms with Crippen molar-refractivity contribution in [2.75, 3.05) is 5.32 Å². The van der Waals surface area contributed by atoms with Gasteiger partial charge in [-0.1, -0.05) is 26.0 Å². The minimum atomic E-state index is 0.127. The highest BCUT2D eigenvalue weighted by atomic mass is 31.0. The second-order valence-electron chi connectivity index (χ2n) is 8.43. The van der Waals surface area contributed by atoms with E-state index in [1.54, 1.807) is 0 Å². The molecule has 2 heterocycles. The number of nitriles is 1. The molecule has 0 spiro atoms. The van der Waals surface area contributed by atoms with E-state index in [0.717, 1.165) is 18.4 Å². The van der Waals surface area contributed by atoms with E-state index in [2.05, 4.69) is 66.5 Å². The van der Waals surface area contributed by atoms with E-state index >= 15 is 0 Å². The Balaban J connectivity index is 2.04. The van der Waals surface area contributed by atoms with Crippen molar-refractivity contribution < 1.29 is 0 Å². The molecule has 0 saturated heterocycles. The standard InChI is InChI=1S/C26H30N3P/c1-5-7-21(30)22-16(4)29-25-15(3)14-28-26(19-9-10-19)24(25)23(22)20-11-8-17(13-27)12-18(20)6-2/h7-8,11-12,14,19,23,29H,5-6,9-10,30H2,1-4H3/b21-7-. The van der Waals surface area contributed by atoms with Gasteiger partial charge in [0.2, 0.25) is 0 Å². The van der Waals surface area contributed by atoms with E-state index < -0.39 is 0 Å². The molecule has 2 unspecified atom stereocenters. The van der Waals surface area contributed by atoms with Gasteiger partial charge in [-0.3, -0.25) is 4.98 Å². The summed E-state index contributed by atoms with van der Waals surface area (Å²) in [4.78, 5) is 4.94. The van der Waals surface area contributed by atoms with Gasteiger partial charge in [0.25, 0.3) is 0 Å². The van der Waals surface area contributed by atoms with Crippen LogP contribution in [0.5, 0.6) is 0 Å². The zero-order valence-corrected chi connectivity index (χ0v) is 19.5. The molecule has 2 aliphatic rings. The number of anilines is 1. The van der Waals surface area contributed by atoms with Gasteiger partial charge in [-0.05, 0) is 79.2 Å². The van der Waals surface area contributed by atoms with Crippen molar-refractivity contribution in [2.24, 2.45) is 0 Å². The second kappa shape index (κ2) is 8.37. The quantitative estimate of drug-likeness (QED) is 0.553. The van der Waals surface area contributed by atoms with E-state index in [0.29, 0.717) is 5.92 Å². The highest BCUT2D eigenvalue weighted by Crippen LogP contribution is 2.53. The number of benzene rings is 1. The van der Waals surface area contributed by atoms with E-state index in [1.165, 1.54) is 63.1 Å². The summed E-state index contributed by atoms with van der Waals surface area (Å²) in [6.07, 6.45) is 8.65. The topological polar surface area (TPSA) is 48.7 Å². The van der Waals surface area contributed by atoms with Crippen LogP contribution in [0.25, 0.3) is 0 Å². The lowest BCUT2D eigenvalue weighted by Gasteiger charge is -2.35. The molecule has 1 N–H and O–H groups in total. The largest absolute Gasteiger partial charge is 0.358 e. The predicted octanol–water partition coefficient (Wildman–Crippen LogP) is 6.70. The lowest BCUT2D eigenvalue weighted by Crippen LogP contribution is -2.22. The number of fused-ring (bicyclic) bond motifs is 1. The number of aryl methyl sites for hydroxylation is 2. The fraction of sp³-hybridized carbons (Fsp3) is 0.385. The van der Waals surface area contributed by atoms with Crippen molar-refractivity contribution in [1.82, 2.24) is 4.98 Å². The summed E-state index contributed by atoms with van der Waals surface area (Å²) < 4.78 is 0. The zero-order valence-electron chi connectivity index (χ0n) is 18.3. The second-order valence-corrected chi connectivity index (χ2v) is 9.05. The zero-order chi connectivity index (χ0) is 21.4. The van der Waals surface area contributed by atoms with E-state index in [9.17, 15) is 5.26 Å². The van der Waals surface area contributed by atoms with E-state index in [4.69, 9.17) is 4.98 Å². The summed E-state index contributed by atoms with van der Waals surface area (Å²) in [5.74, 6) is 0.692. The Morgan fingerprint density at radius 1 is 1.30 bits per heavy atom. The molecule has 154 valence electrons. The van der Waals surface area contributed by atoms with Crippen LogP contribution in [0, 0.1) is 18.3 Å². The van der Waals surface area contributed by atoms with Crippen LogP contribution in [-0.2, 0) is 6.42 Å². The first-order valence-electron chi connectivity index (χ1n) is 11.0. The summed E-state index contributed by atoms with van der Waals surface area (Å²) in [6.45, 7) is 8.69. The molecule has 2 atom stereocenters. The molecule has 1 aliphatic carbocycles. The van der Waals surface area contributed by atoms with Crippen molar-refractivity contribution in [3.05, 3.63) is 80.6 Å². The molecule has 30 heavy (non-hydrogen) atoms. The SMILES string of the molecule is CC/C=C(\P)C1=C(C)Nc2c(C)cnc(C3CC3)c2C1c1ccc(C#N)cc1CC. The summed E-state index contributed by atoms with van der Waals surface area (Å²) in [6, 6.07) is 8.52. The molecule has 1 saturated carbocycles. The molecule has 4 heteroatoms. The maximum Gasteiger partial charge on any atom is 0.0991 e. The highest BCUT2D eigenvalue weighted by molar-refractivity contribution is 7.23. The van der Waals surface area contributed by atoms with Gasteiger partial charge in [-0.2, -0.15) is 5.26 Å². The van der Waals surface area contributed by atoms with Crippen LogP contribution in [0.1, 0.15) is 85.4 Å². The van der Waals surface area contributed by atoms with Crippen LogP contribution in [0.4, 0.5) is 5.69 Å². The summed E-state index contributed by atoms with van der Waals surface area (Å²) >= 11 is 0. The fourth-order valence-corrected chi connectivity index (χ4v) is 5.30. The minimum Gasteiger partial charge on any atom is -0.358 e. The van der Waals surface area contributed by atoms with Gasteiger partial charge in [0.1, 0.15) is 0 Å². The molecule has 0 bridgehead atoms. The fourth-order valence-electron chi connectivity index (χ4n) is 4.68. The third kappa shape index (κ3) is 3.59. The molecule has 0 radical (unpaired) electrons. The van der Waals surface area contributed by atoms with Crippen LogP contribution < -0.4 is 5.32 Å². The molecule has 4 rings (SSSR count). The van der Waals surface area contributed by atoms with E-state index in [-0.39, 0.29) is 5.92 Å². The third-order valence-corrected chi connectivity index (χ3v) is 6.84. The first kappa shape index (κ1) is 20.8. The normalized spacial score (nSPS) is 18.7. The Labute approximate surface area is 182 Å². The van der Waals surface area contributed by atoms with Crippen LogP contribution in [0.3, 0.4) is 0 Å². The van der Waals surface area contributed by atoms with Gasteiger partial charge in [-0.15, -0.1) is 9.24 Å². The number of allylic oxidation sites excluding steroid dienone is 4. The Hall–Kier alpha value is -2.43. The average molecular weight is 416 g/mol. The van der Waals surface area contributed by atoms with Crippen molar-refractivity contribution >= 4 is 14.9 Å². The Kier molecular flexibility index (Phi) is 5.81. The number of nitrogens with zero attached hydrogens (tertiary/aromatic N) is 2. The summed E-state index contributed by atoms with van der Waals surface area (Å²) in [5, 5.41) is 14.4. The van der Waals surface area contributed by atoms with Crippen LogP contribution in [-0.4, -0.2) is 4.98 Å². The number of pyridine rings is 1. The maximum absolute atomic E-state index is 9.44. The number of hydrogen-bond acceptors (Lipinski definition) is 3. The molecule has 3 nitrogen and oxygen atoms in total. The average Bonchev–Trinajstić information content (AvgIpc) is 3.58. The molecule has 2 aromatic rings. The number of aromatic nitrogens is 1. The van der Waals surface area contributed by atoms with Crippen molar-refractivity contribution in [1.29, 1.82) is 5.26 Å². The monoisotopic (exact) mass is 415 g/mol. The third-order valence-electron chi connectivity index (χ3n) is 6.29. The molecule has 1 aliphatic heterocycles. The van der Waals surface area contributed by atoms with E-state index in [1.807, 2.05) is 12.3 Å². The van der Waals surface area contributed by atoms with Gasteiger partial charge < -0.3 is 5.32 Å².